The van der Waals surface area contributed by atoms with Gasteiger partial charge in [-0.3, -0.25) is 4.89 Å². The van der Waals surface area contributed by atoms with Crippen LogP contribution in [0.1, 0.15) is 219 Å². The first-order valence-corrected chi connectivity index (χ1v) is 18.2. The highest BCUT2D eigenvalue weighted by Gasteiger charge is 2.10. The normalized spacial score (nSPS) is 12.2. The number of hydrogen-bond acceptors (Lipinski definition) is 4. The first-order chi connectivity index (χ1) is 19.7. The van der Waals surface area contributed by atoms with Gasteiger partial charge in [-0.15, -0.1) is 0 Å². The van der Waals surface area contributed by atoms with Crippen molar-refractivity contribution < 1.29 is 19.7 Å². The molecule has 1 unspecified atom stereocenters. The van der Waals surface area contributed by atoms with Gasteiger partial charge in [0.1, 0.15) is 0 Å². The van der Waals surface area contributed by atoms with Gasteiger partial charge in [0, 0.05) is 12.8 Å². The van der Waals surface area contributed by atoms with E-state index in [0.717, 1.165) is 25.7 Å². The fraction of sp³-hybridized carbons (Fsp3) is 0.972. The molecule has 0 saturated carbocycles. The van der Waals surface area contributed by atoms with Gasteiger partial charge in [-0.05, 0) is 12.8 Å². The van der Waals surface area contributed by atoms with E-state index < -0.39 is 6.29 Å². The maximum absolute atomic E-state index is 11.8. The van der Waals surface area contributed by atoms with Crippen LogP contribution in [-0.2, 0) is 14.6 Å². The Morgan fingerprint density at radius 1 is 0.450 bits per heavy atom. The first-order valence-electron chi connectivity index (χ1n) is 18.2. The highest BCUT2D eigenvalue weighted by molar-refractivity contribution is 5.68. The quantitative estimate of drug-likeness (QED) is 0.0363. The van der Waals surface area contributed by atoms with E-state index in [2.05, 4.69) is 13.8 Å². The molecule has 40 heavy (non-hydrogen) atoms. The number of rotatable bonds is 34. The van der Waals surface area contributed by atoms with Crippen LogP contribution < -0.4 is 0 Å². The fourth-order valence-electron chi connectivity index (χ4n) is 5.53. The van der Waals surface area contributed by atoms with Gasteiger partial charge in [0.05, 0.1) is 0 Å². The molecule has 0 aliphatic rings. The van der Waals surface area contributed by atoms with Crippen molar-refractivity contribution in [2.75, 3.05) is 0 Å². The summed E-state index contributed by atoms with van der Waals surface area (Å²) >= 11 is 0. The minimum Gasteiger partial charge on any atom is -0.365 e. The average molecular weight is 569 g/mol. The second-order valence-corrected chi connectivity index (χ2v) is 12.4. The molecule has 0 aliphatic carbocycles. The van der Waals surface area contributed by atoms with E-state index >= 15 is 0 Å². The summed E-state index contributed by atoms with van der Waals surface area (Å²) in [6, 6.07) is 0. The molecule has 0 aromatic heterocycles. The molecule has 4 heteroatoms. The summed E-state index contributed by atoms with van der Waals surface area (Å²) in [7, 11) is 0. The van der Waals surface area contributed by atoms with Crippen molar-refractivity contribution >= 4 is 5.97 Å². The van der Waals surface area contributed by atoms with Crippen molar-refractivity contribution in [3.8, 4) is 0 Å². The van der Waals surface area contributed by atoms with Crippen molar-refractivity contribution in [2.45, 2.75) is 226 Å². The molecule has 0 amide bonds. The van der Waals surface area contributed by atoms with Crippen LogP contribution in [0.15, 0.2) is 0 Å². The molecule has 0 spiro atoms. The molecule has 0 aliphatic heterocycles. The van der Waals surface area contributed by atoms with Gasteiger partial charge in [-0.25, -0.2) is 4.79 Å². The summed E-state index contributed by atoms with van der Waals surface area (Å²) in [6.45, 7) is 4.55. The lowest BCUT2D eigenvalue weighted by Crippen LogP contribution is -2.15. The van der Waals surface area contributed by atoms with Gasteiger partial charge in [0.25, 0.3) is 0 Å². The highest BCUT2D eigenvalue weighted by Crippen LogP contribution is 2.16. The van der Waals surface area contributed by atoms with Crippen molar-refractivity contribution in [3.63, 3.8) is 0 Å². The van der Waals surface area contributed by atoms with Crippen molar-refractivity contribution in [1.29, 1.82) is 0 Å². The second kappa shape index (κ2) is 34.6. The summed E-state index contributed by atoms with van der Waals surface area (Å²) in [5.74, 6) is -0.356. The predicted molar refractivity (Wildman–Crippen MR) is 172 cm³/mol. The molecular weight excluding hydrogens is 496 g/mol. The lowest BCUT2D eigenvalue weighted by Gasteiger charge is -2.10. The lowest BCUT2D eigenvalue weighted by atomic mass is 10.0. The zero-order chi connectivity index (χ0) is 29.2. The van der Waals surface area contributed by atoms with E-state index in [0.29, 0.717) is 12.8 Å². The van der Waals surface area contributed by atoms with Crippen LogP contribution in [0.3, 0.4) is 0 Å². The smallest absolute Gasteiger partial charge is 0.342 e. The zero-order valence-electron chi connectivity index (χ0n) is 27.4. The Hall–Kier alpha value is -0.610. The average Bonchev–Trinajstić information content (AvgIpc) is 2.96. The Kier molecular flexibility index (Phi) is 34.1. The molecule has 0 heterocycles. The Balaban J connectivity index is 3.26. The molecule has 0 radical (unpaired) electrons. The molecule has 240 valence electrons. The largest absolute Gasteiger partial charge is 0.365 e. The summed E-state index contributed by atoms with van der Waals surface area (Å²) in [5.41, 5.74) is 0. The molecular formula is C36H72O4. The number of aliphatic hydroxyl groups excluding tert-OH is 1. The van der Waals surface area contributed by atoms with E-state index in [1.54, 1.807) is 0 Å². The Morgan fingerprint density at radius 2 is 0.725 bits per heavy atom. The highest BCUT2D eigenvalue weighted by atomic mass is 17.2. The SMILES string of the molecule is CCCCCCCCCCCCCCCCCC(=O)OOC(O)CCCCCCCCCCCCCCCCC. The number of aliphatic hydroxyl groups is 1. The predicted octanol–water partition coefficient (Wildman–Crippen LogP) is 12.3. The Labute approximate surface area is 251 Å². The number of carbonyl (C=O) groups excluding carboxylic acids is 1. The first kappa shape index (κ1) is 39.4. The summed E-state index contributed by atoms with van der Waals surface area (Å²) in [4.78, 5) is 21.5. The van der Waals surface area contributed by atoms with Crippen LogP contribution in [0.5, 0.6) is 0 Å². The van der Waals surface area contributed by atoms with E-state index in [9.17, 15) is 9.90 Å². The molecule has 1 atom stereocenters. The van der Waals surface area contributed by atoms with Crippen LogP contribution in [0.2, 0.25) is 0 Å². The van der Waals surface area contributed by atoms with E-state index in [1.807, 2.05) is 0 Å². The Morgan fingerprint density at radius 3 is 1.05 bits per heavy atom. The van der Waals surface area contributed by atoms with Crippen LogP contribution >= 0.6 is 0 Å². The minimum absolute atomic E-state index is 0.356. The van der Waals surface area contributed by atoms with Crippen LogP contribution in [-0.4, -0.2) is 17.4 Å². The molecule has 0 saturated heterocycles. The van der Waals surface area contributed by atoms with Gasteiger partial charge in [-0.1, -0.05) is 194 Å². The minimum atomic E-state index is -0.994. The second-order valence-electron chi connectivity index (χ2n) is 12.4. The summed E-state index contributed by atoms with van der Waals surface area (Å²) in [5, 5.41) is 9.91. The molecule has 0 rings (SSSR count). The van der Waals surface area contributed by atoms with Gasteiger partial charge in [0.15, 0.2) is 0 Å². The number of unbranched alkanes of at least 4 members (excludes halogenated alkanes) is 28. The van der Waals surface area contributed by atoms with Gasteiger partial charge < -0.3 is 5.11 Å². The summed E-state index contributed by atoms with van der Waals surface area (Å²) in [6.07, 6.45) is 39.3. The van der Waals surface area contributed by atoms with Crippen LogP contribution in [0.25, 0.3) is 0 Å². The van der Waals surface area contributed by atoms with Crippen molar-refractivity contribution in [2.24, 2.45) is 0 Å². The molecule has 0 bridgehead atoms. The van der Waals surface area contributed by atoms with Gasteiger partial charge in [0.2, 0.25) is 6.29 Å². The maximum atomic E-state index is 11.8. The third-order valence-corrected chi connectivity index (χ3v) is 8.29. The number of carbonyl (C=O) groups is 1. The Bertz CT molecular complexity index is 481. The molecule has 0 fully saturated rings. The van der Waals surface area contributed by atoms with Crippen LogP contribution in [0, 0.1) is 0 Å². The topological polar surface area (TPSA) is 55.8 Å². The van der Waals surface area contributed by atoms with Gasteiger partial charge in [-0.2, -0.15) is 4.89 Å². The van der Waals surface area contributed by atoms with Crippen molar-refractivity contribution in [3.05, 3.63) is 0 Å². The molecule has 0 aromatic carbocycles. The molecule has 1 N–H and O–H groups in total. The maximum Gasteiger partial charge on any atom is 0.342 e. The standard InChI is InChI=1S/C36H72O4/c1-3-5-7-9-11-13-15-17-19-21-23-25-27-29-31-33-35(37)39-40-36(38)34-32-30-28-26-24-22-20-18-16-14-12-10-8-6-4-2/h35,37H,3-34H2,1-2H3. The monoisotopic (exact) mass is 569 g/mol. The fourth-order valence-corrected chi connectivity index (χ4v) is 5.53. The third-order valence-electron chi connectivity index (χ3n) is 8.29. The van der Waals surface area contributed by atoms with E-state index in [-0.39, 0.29) is 5.97 Å². The summed E-state index contributed by atoms with van der Waals surface area (Å²) < 4.78 is 0. The number of hydrogen-bond donors (Lipinski definition) is 1. The van der Waals surface area contributed by atoms with E-state index in [4.69, 9.17) is 9.78 Å². The van der Waals surface area contributed by atoms with Crippen LogP contribution in [0.4, 0.5) is 0 Å². The van der Waals surface area contributed by atoms with Crippen molar-refractivity contribution in [1.82, 2.24) is 0 Å². The molecule has 4 nitrogen and oxygen atoms in total. The lowest BCUT2D eigenvalue weighted by molar-refractivity contribution is -0.343. The zero-order valence-corrected chi connectivity index (χ0v) is 27.4. The molecule has 0 aromatic rings. The van der Waals surface area contributed by atoms with E-state index in [1.165, 1.54) is 167 Å². The van der Waals surface area contributed by atoms with Gasteiger partial charge >= 0.3 is 5.97 Å². The third kappa shape index (κ3) is 33.6.